The van der Waals surface area contributed by atoms with E-state index in [4.69, 9.17) is 28.3 Å². The number of carbonyl (C=O) groups is 2. The molecule has 1 aromatic rings. The van der Waals surface area contributed by atoms with Crippen LogP contribution in [0.2, 0.25) is 10.0 Å². The minimum atomic E-state index is -0.843. The van der Waals surface area contributed by atoms with Crippen molar-refractivity contribution in [2.24, 2.45) is 11.8 Å². The fourth-order valence-electron chi connectivity index (χ4n) is 2.00. The molecule has 1 fully saturated rings. The summed E-state index contributed by atoms with van der Waals surface area (Å²) in [5.74, 6) is -1.31. The Bertz CT molecular complexity index is 524. The van der Waals surface area contributed by atoms with Gasteiger partial charge in [0.1, 0.15) is 0 Å². The van der Waals surface area contributed by atoms with E-state index in [1.807, 2.05) is 0 Å². The van der Waals surface area contributed by atoms with Crippen molar-refractivity contribution in [3.63, 3.8) is 0 Å². The first-order valence-corrected chi connectivity index (χ1v) is 6.88. The molecule has 2 N–H and O–H groups in total. The maximum atomic E-state index is 12.0. The van der Waals surface area contributed by atoms with E-state index >= 15 is 0 Å². The maximum absolute atomic E-state index is 12.0. The van der Waals surface area contributed by atoms with E-state index in [-0.39, 0.29) is 11.9 Å². The zero-order valence-electron chi connectivity index (χ0n) is 10.8. The van der Waals surface area contributed by atoms with Crippen LogP contribution in [0, 0.1) is 11.8 Å². The lowest BCUT2D eigenvalue weighted by atomic mass is 9.87. The minimum Gasteiger partial charge on any atom is -0.481 e. The van der Waals surface area contributed by atoms with Gasteiger partial charge in [0.2, 0.25) is 0 Å². The quantitative estimate of drug-likeness (QED) is 0.899. The predicted octanol–water partition coefficient (Wildman–Crippen LogP) is 3.18. The number of para-hydroxylation sites is 1. The van der Waals surface area contributed by atoms with Gasteiger partial charge >= 0.3 is 12.0 Å². The Morgan fingerprint density at radius 3 is 2.40 bits per heavy atom. The fourth-order valence-corrected chi connectivity index (χ4v) is 2.49. The van der Waals surface area contributed by atoms with Gasteiger partial charge in [0.25, 0.3) is 0 Å². The van der Waals surface area contributed by atoms with Gasteiger partial charge in [-0.05, 0) is 12.1 Å². The molecule has 2 amide bonds. The number of aliphatic carboxylic acids is 1. The molecule has 1 unspecified atom stereocenters. The molecule has 1 saturated heterocycles. The van der Waals surface area contributed by atoms with Crippen molar-refractivity contribution < 1.29 is 14.7 Å². The number of hydrogen-bond acceptors (Lipinski definition) is 2. The summed E-state index contributed by atoms with van der Waals surface area (Å²) in [6.45, 7) is 2.48. The zero-order chi connectivity index (χ0) is 14.9. The Morgan fingerprint density at radius 1 is 1.35 bits per heavy atom. The van der Waals surface area contributed by atoms with E-state index < -0.39 is 11.9 Å². The van der Waals surface area contributed by atoms with Gasteiger partial charge in [-0.3, -0.25) is 4.79 Å². The molecule has 0 radical (unpaired) electrons. The molecule has 1 heterocycles. The number of urea groups is 1. The van der Waals surface area contributed by atoms with E-state index in [2.05, 4.69) is 5.32 Å². The van der Waals surface area contributed by atoms with Crippen LogP contribution in [0.3, 0.4) is 0 Å². The Morgan fingerprint density at radius 2 is 1.90 bits per heavy atom. The number of anilines is 1. The largest absolute Gasteiger partial charge is 0.481 e. The van der Waals surface area contributed by atoms with Crippen molar-refractivity contribution >= 4 is 40.9 Å². The molecule has 0 aliphatic carbocycles. The fraction of sp³-hybridized carbons (Fsp3) is 0.385. The number of rotatable bonds is 3. The summed E-state index contributed by atoms with van der Waals surface area (Å²) in [5.41, 5.74) is 0.371. The van der Waals surface area contributed by atoms with E-state index in [0.717, 1.165) is 0 Å². The summed E-state index contributed by atoms with van der Waals surface area (Å²) in [6, 6.07) is 4.63. The summed E-state index contributed by atoms with van der Waals surface area (Å²) >= 11 is 11.9. The highest BCUT2D eigenvalue weighted by atomic mass is 35.5. The lowest BCUT2D eigenvalue weighted by molar-refractivity contribution is -0.144. The van der Waals surface area contributed by atoms with Crippen molar-refractivity contribution in [2.45, 2.75) is 6.92 Å². The smallest absolute Gasteiger partial charge is 0.321 e. The molecular weight excluding hydrogens is 303 g/mol. The minimum absolute atomic E-state index is 0.0139. The summed E-state index contributed by atoms with van der Waals surface area (Å²) in [6.07, 6.45) is 0. The molecule has 1 aromatic carbocycles. The molecule has 1 atom stereocenters. The highest BCUT2D eigenvalue weighted by Crippen LogP contribution is 2.31. The Kier molecular flexibility index (Phi) is 4.40. The molecule has 0 spiro atoms. The van der Waals surface area contributed by atoms with Crippen LogP contribution in [0.25, 0.3) is 0 Å². The Balaban J connectivity index is 1.94. The zero-order valence-corrected chi connectivity index (χ0v) is 12.3. The van der Waals surface area contributed by atoms with Crippen LogP contribution in [0.4, 0.5) is 10.5 Å². The van der Waals surface area contributed by atoms with Gasteiger partial charge < -0.3 is 15.3 Å². The molecule has 7 heteroatoms. The van der Waals surface area contributed by atoms with Gasteiger partial charge in [0.05, 0.1) is 21.7 Å². The molecule has 2 rings (SSSR count). The first kappa shape index (κ1) is 14.9. The Hall–Kier alpha value is -1.46. The van der Waals surface area contributed by atoms with Crippen LogP contribution in [0.15, 0.2) is 18.2 Å². The first-order valence-electron chi connectivity index (χ1n) is 6.13. The molecule has 0 bridgehead atoms. The number of nitrogens with one attached hydrogen (secondary N) is 1. The van der Waals surface area contributed by atoms with Gasteiger partial charge in [0, 0.05) is 19.0 Å². The number of likely N-dealkylation sites (tertiary alicyclic amines) is 1. The number of amides is 2. The van der Waals surface area contributed by atoms with Crippen LogP contribution in [-0.4, -0.2) is 35.1 Å². The van der Waals surface area contributed by atoms with Crippen molar-refractivity contribution in [1.29, 1.82) is 0 Å². The number of carbonyl (C=O) groups excluding carboxylic acids is 1. The van der Waals surface area contributed by atoms with E-state index in [9.17, 15) is 9.59 Å². The second-order valence-electron chi connectivity index (χ2n) is 4.82. The van der Waals surface area contributed by atoms with Gasteiger partial charge in [-0.15, -0.1) is 0 Å². The molecule has 0 saturated carbocycles. The standard InChI is InChI=1S/C13H14Cl2N2O3/c1-7(12(18)19)8-5-17(6-8)13(20)16-11-9(14)3-2-4-10(11)15/h2-4,7-8H,5-6H2,1H3,(H,16,20)(H,18,19). The monoisotopic (exact) mass is 316 g/mol. The molecule has 108 valence electrons. The van der Waals surface area contributed by atoms with Crippen molar-refractivity contribution in [1.82, 2.24) is 4.90 Å². The SMILES string of the molecule is CC(C(=O)O)C1CN(C(=O)Nc2c(Cl)cccc2Cl)C1. The van der Waals surface area contributed by atoms with Crippen molar-refractivity contribution in [3.05, 3.63) is 28.2 Å². The molecule has 1 aliphatic rings. The Labute approximate surface area is 126 Å². The number of carboxylic acid groups (broad SMARTS) is 1. The topological polar surface area (TPSA) is 69.6 Å². The highest BCUT2D eigenvalue weighted by Gasteiger charge is 2.37. The third-order valence-corrected chi connectivity index (χ3v) is 4.12. The van der Waals surface area contributed by atoms with Gasteiger partial charge in [-0.25, -0.2) is 4.79 Å². The van der Waals surface area contributed by atoms with Crippen LogP contribution < -0.4 is 5.32 Å². The van der Waals surface area contributed by atoms with Gasteiger partial charge in [0.15, 0.2) is 0 Å². The number of hydrogen-bond donors (Lipinski definition) is 2. The second-order valence-corrected chi connectivity index (χ2v) is 5.63. The summed E-state index contributed by atoms with van der Waals surface area (Å²) in [7, 11) is 0. The molecular formula is C13H14Cl2N2O3. The van der Waals surface area contributed by atoms with Crippen LogP contribution in [0.5, 0.6) is 0 Å². The van der Waals surface area contributed by atoms with Crippen molar-refractivity contribution in [2.75, 3.05) is 18.4 Å². The van der Waals surface area contributed by atoms with E-state index in [0.29, 0.717) is 28.8 Å². The second kappa shape index (κ2) is 5.89. The average Bonchev–Trinajstić information content (AvgIpc) is 2.32. The van der Waals surface area contributed by atoms with Crippen LogP contribution in [0.1, 0.15) is 6.92 Å². The van der Waals surface area contributed by atoms with Crippen LogP contribution >= 0.6 is 23.2 Å². The maximum Gasteiger partial charge on any atom is 0.321 e. The van der Waals surface area contributed by atoms with E-state index in [1.165, 1.54) is 4.90 Å². The average molecular weight is 317 g/mol. The van der Waals surface area contributed by atoms with Crippen molar-refractivity contribution in [3.8, 4) is 0 Å². The summed E-state index contributed by atoms with van der Waals surface area (Å²) < 4.78 is 0. The molecule has 5 nitrogen and oxygen atoms in total. The van der Waals surface area contributed by atoms with Gasteiger partial charge in [-0.2, -0.15) is 0 Å². The number of nitrogens with zero attached hydrogens (tertiary/aromatic N) is 1. The summed E-state index contributed by atoms with van der Waals surface area (Å²) in [5, 5.41) is 12.3. The third-order valence-electron chi connectivity index (χ3n) is 3.49. The number of halogens is 2. The predicted molar refractivity (Wildman–Crippen MR) is 77.3 cm³/mol. The normalized spacial score (nSPS) is 16.4. The van der Waals surface area contributed by atoms with E-state index in [1.54, 1.807) is 25.1 Å². The van der Waals surface area contributed by atoms with Crippen LogP contribution in [-0.2, 0) is 4.79 Å². The molecule has 20 heavy (non-hydrogen) atoms. The lowest BCUT2D eigenvalue weighted by Crippen LogP contribution is -2.54. The number of benzene rings is 1. The summed E-state index contributed by atoms with van der Waals surface area (Å²) in [4.78, 5) is 24.4. The first-order chi connectivity index (χ1) is 9.40. The molecule has 0 aromatic heterocycles. The number of carboxylic acids is 1. The third kappa shape index (κ3) is 2.99. The lowest BCUT2D eigenvalue weighted by Gasteiger charge is -2.41. The highest BCUT2D eigenvalue weighted by molar-refractivity contribution is 6.39. The van der Waals surface area contributed by atoms with Gasteiger partial charge in [-0.1, -0.05) is 36.2 Å². The molecule has 1 aliphatic heterocycles.